The summed E-state index contributed by atoms with van der Waals surface area (Å²) in [7, 11) is 0. The molecule has 0 fully saturated rings. The van der Waals surface area contributed by atoms with E-state index in [1.807, 2.05) is 48.1 Å². The molecular weight excluding hydrogens is 276 g/mol. The second-order valence-corrected chi connectivity index (χ2v) is 5.93. The van der Waals surface area contributed by atoms with Crippen molar-refractivity contribution in [1.82, 2.24) is 15.1 Å². The summed E-state index contributed by atoms with van der Waals surface area (Å²) in [5, 5.41) is 7.58. The maximum atomic E-state index is 11.8. The highest BCUT2D eigenvalue weighted by Crippen LogP contribution is 2.19. The molecule has 2 aromatic rings. The summed E-state index contributed by atoms with van der Waals surface area (Å²) in [5.41, 5.74) is 8.70. The SMILES string of the molecule is CC(N)CC(=O)NCc1cn(-c2ccccc2)nc1C(C)C. The average molecular weight is 300 g/mol. The summed E-state index contributed by atoms with van der Waals surface area (Å²) in [6.07, 6.45) is 2.32. The standard InChI is InChI=1S/C17H24N4O/c1-12(2)17-14(10-19-16(22)9-13(3)18)11-21(20-17)15-7-5-4-6-8-15/h4-8,11-13H,9-10,18H2,1-3H3,(H,19,22). The Morgan fingerprint density at radius 3 is 2.55 bits per heavy atom. The lowest BCUT2D eigenvalue weighted by atomic mass is 10.1. The van der Waals surface area contributed by atoms with E-state index in [0.29, 0.717) is 18.9 Å². The molecule has 1 heterocycles. The van der Waals surface area contributed by atoms with Gasteiger partial charge in [-0.05, 0) is 25.0 Å². The summed E-state index contributed by atoms with van der Waals surface area (Å²) in [6.45, 7) is 6.51. The lowest BCUT2D eigenvalue weighted by Gasteiger charge is -2.08. The highest BCUT2D eigenvalue weighted by Gasteiger charge is 2.14. The molecule has 3 N–H and O–H groups in total. The van der Waals surface area contributed by atoms with E-state index < -0.39 is 0 Å². The zero-order valence-corrected chi connectivity index (χ0v) is 13.4. The Morgan fingerprint density at radius 2 is 1.95 bits per heavy atom. The van der Waals surface area contributed by atoms with Crippen LogP contribution in [0.1, 0.15) is 44.4 Å². The van der Waals surface area contributed by atoms with Gasteiger partial charge in [-0.1, -0.05) is 32.0 Å². The third-order valence-corrected chi connectivity index (χ3v) is 3.37. The van der Waals surface area contributed by atoms with Crippen molar-refractivity contribution in [1.29, 1.82) is 0 Å². The van der Waals surface area contributed by atoms with Gasteiger partial charge < -0.3 is 11.1 Å². The average Bonchev–Trinajstić information content (AvgIpc) is 2.90. The molecule has 0 radical (unpaired) electrons. The van der Waals surface area contributed by atoms with Gasteiger partial charge in [-0.3, -0.25) is 4.79 Å². The van der Waals surface area contributed by atoms with Crippen molar-refractivity contribution < 1.29 is 4.79 Å². The van der Waals surface area contributed by atoms with Crippen LogP contribution in [0.2, 0.25) is 0 Å². The van der Waals surface area contributed by atoms with Gasteiger partial charge in [-0.2, -0.15) is 5.10 Å². The minimum Gasteiger partial charge on any atom is -0.352 e. The van der Waals surface area contributed by atoms with E-state index >= 15 is 0 Å². The Morgan fingerprint density at radius 1 is 1.27 bits per heavy atom. The molecule has 0 aliphatic heterocycles. The maximum absolute atomic E-state index is 11.8. The minimum atomic E-state index is -0.128. The highest BCUT2D eigenvalue weighted by atomic mass is 16.1. The largest absolute Gasteiger partial charge is 0.352 e. The van der Waals surface area contributed by atoms with Crippen LogP contribution in [0.15, 0.2) is 36.5 Å². The van der Waals surface area contributed by atoms with Gasteiger partial charge >= 0.3 is 0 Å². The summed E-state index contributed by atoms with van der Waals surface area (Å²) < 4.78 is 1.86. The highest BCUT2D eigenvalue weighted by molar-refractivity contribution is 5.76. The van der Waals surface area contributed by atoms with Crippen LogP contribution in [0.4, 0.5) is 0 Å². The van der Waals surface area contributed by atoms with Gasteiger partial charge in [-0.25, -0.2) is 4.68 Å². The number of hydrogen-bond donors (Lipinski definition) is 2. The number of para-hydroxylation sites is 1. The minimum absolute atomic E-state index is 0.0304. The van der Waals surface area contributed by atoms with Crippen molar-refractivity contribution in [2.45, 2.75) is 45.7 Å². The van der Waals surface area contributed by atoms with Gasteiger partial charge in [0.25, 0.3) is 0 Å². The van der Waals surface area contributed by atoms with Crippen LogP contribution in [0.5, 0.6) is 0 Å². The number of nitrogens with one attached hydrogen (secondary N) is 1. The first-order valence-corrected chi connectivity index (χ1v) is 7.63. The molecule has 1 aromatic carbocycles. The van der Waals surface area contributed by atoms with Crippen LogP contribution in [-0.2, 0) is 11.3 Å². The predicted octanol–water partition coefficient (Wildman–Crippen LogP) is 2.35. The van der Waals surface area contributed by atoms with Gasteiger partial charge in [0.05, 0.1) is 11.4 Å². The van der Waals surface area contributed by atoms with E-state index in [2.05, 4.69) is 24.3 Å². The molecule has 0 spiro atoms. The molecule has 0 saturated heterocycles. The molecule has 118 valence electrons. The first-order valence-electron chi connectivity index (χ1n) is 7.63. The Balaban J connectivity index is 2.16. The fourth-order valence-corrected chi connectivity index (χ4v) is 2.32. The zero-order valence-electron chi connectivity index (χ0n) is 13.4. The summed E-state index contributed by atoms with van der Waals surface area (Å²) in [4.78, 5) is 11.8. The van der Waals surface area contributed by atoms with Crippen LogP contribution in [-0.4, -0.2) is 21.7 Å². The smallest absolute Gasteiger partial charge is 0.221 e. The molecule has 0 saturated carbocycles. The molecule has 0 aliphatic carbocycles. The van der Waals surface area contributed by atoms with Gasteiger partial charge in [0.15, 0.2) is 0 Å². The van der Waals surface area contributed by atoms with Crippen molar-refractivity contribution >= 4 is 5.91 Å². The second-order valence-electron chi connectivity index (χ2n) is 5.93. The number of hydrogen-bond acceptors (Lipinski definition) is 3. The van der Waals surface area contributed by atoms with E-state index in [-0.39, 0.29) is 11.9 Å². The first-order chi connectivity index (χ1) is 10.5. The summed E-state index contributed by atoms with van der Waals surface area (Å²) >= 11 is 0. The number of amides is 1. The van der Waals surface area contributed by atoms with Crippen molar-refractivity contribution in [3.8, 4) is 5.69 Å². The first kappa shape index (κ1) is 16.2. The van der Waals surface area contributed by atoms with Crippen molar-refractivity contribution in [3.05, 3.63) is 47.8 Å². The number of nitrogens with two attached hydrogens (primary N) is 1. The fraction of sp³-hybridized carbons (Fsp3) is 0.412. The number of nitrogens with zero attached hydrogens (tertiary/aromatic N) is 2. The van der Waals surface area contributed by atoms with Crippen molar-refractivity contribution in [2.75, 3.05) is 0 Å². The van der Waals surface area contributed by atoms with E-state index in [4.69, 9.17) is 5.73 Å². The van der Waals surface area contributed by atoms with Crippen molar-refractivity contribution in [3.63, 3.8) is 0 Å². The van der Waals surface area contributed by atoms with Gasteiger partial charge in [0, 0.05) is 30.8 Å². The number of benzene rings is 1. The molecule has 1 aromatic heterocycles. The monoisotopic (exact) mass is 300 g/mol. The molecule has 5 nitrogen and oxygen atoms in total. The molecule has 2 rings (SSSR count). The third-order valence-electron chi connectivity index (χ3n) is 3.37. The van der Waals surface area contributed by atoms with Crippen molar-refractivity contribution in [2.24, 2.45) is 5.73 Å². The van der Waals surface area contributed by atoms with Gasteiger partial charge in [-0.15, -0.1) is 0 Å². The van der Waals surface area contributed by atoms with Crippen LogP contribution in [0, 0.1) is 0 Å². The summed E-state index contributed by atoms with van der Waals surface area (Å²) in [6, 6.07) is 9.83. The quantitative estimate of drug-likeness (QED) is 0.860. The lowest BCUT2D eigenvalue weighted by Crippen LogP contribution is -2.29. The van der Waals surface area contributed by atoms with Crippen LogP contribution >= 0.6 is 0 Å². The molecule has 0 aliphatic rings. The Labute approximate surface area is 131 Å². The van der Waals surface area contributed by atoms with Crippen LogP contribution in [0.25, 0.3) is 5.69 Å². The van der Waals surface area contributed by atoms with E-state index in [0.717, 1.165) is 16.9 Å². The van der Waals surface area contributed by atoms with Gasteiger partial charge in [0.1, 0.15) is 0 Å². The van der Waals surface area contributed by atoms with Gasteiger partial charge in [0.2, 0.25) is 5.91 Å². The molecule has 0 bridgehead atoms. The van der Waals surface area contributed by atoms with E-state index in [9.17, 15) is 4.79 Å². The maximum Gasteiger partial charge on any atom is 0.221 e. The topological polar surface area (TPSA) is 72.9 Å². The molecule has 1 amide bonds. The molecule has 1 unspecified atom stereocenters. The number of rotatable bonds is 6. The van der Waals surface area contributed by atoms with E-state index in [1.54, 1.807) is 0 Å². The normalized spacial score (nSPS) is 12.4. The van der Waals surface area contributed by atoms with Crippen LogP contribution < -0.4 is 11.1 Å². The number of carbonyl (C=O) groups is 1. The predicted molar refractivity (Wildman–Crippen MR) is 87.8 cm³/mol. The number of carbonyl (C=O) groups excluding carboxylic acids is 1. The number of aromatic nitrogens is 2. The molecular formula is C17H24N4O. The second kappa shape index (κ2) is 7.22. The summed E-state index contributed by atoms with van der Waals surface area (Å²) in [5.74, 6) is 0.266. The molecule has 1 atom stereocenters. The lowest BCUT2D eigenvalue weighted by molar-refractivity contribution is -0.121. The third kappa shape index (κ3) is 4.18. The Hall–Kier alpha value is -2.14. The molecule has 5 heteroatoms. The molecule has 22 heavy (non-hydrogen) atoms. The fourth-order valence-electron chi connectivity index (χ4n) is 2.32. The Bertz CT molecular complexity index is 617. The van der Waals surface area contributed by atoms with E-state index in [1.165, 1.54) is 0 Å². The zero-order chi connectivity index (χ0) is 16.1. The Kier molecular flexibility index (Phi) is 5.33. The van der Waals surface area contributed by atoms with Crippen LogP contribution in [0.3, 0.4) is 0 Å².